The molecule has 2 aromatic heterocycles. The first-order valence-corrected chi connectivity index (χ1v) is 6.12. The Labute approximate surface area is 107 Å². The highest BCUT2D eigenvalue weighted by molar-refractivity contribution is 5.68. The van der Waals surface area contributed by atoms with E-state index in [1.54, 1.807) is 12.4 Å². The molecule has 0 spiro atoms. The van der Waals surface area contributed by atoms with Crippen LogP contribution in [0.1, 0.15) is 20.3 Å². The Kier molecular flexibility index (Phi) is 3.78. The molecule has 0 aliphatic carbocycles. The Bertz CT molecular complexity index is 552. The van der Waals surface area contributed by atoms with Gasteiger partial charge in [-0.15, -0.1) is 0 Å². The minimum atomic E-state index is 0.504. The average molecular weight is 243 g/mol. The minimum Gasteiger partial charge on any atom is -0.354 e. The summed E-state index contributed by atoms with van der Waals surface area (Å²) in [6.07, 6.45) is 5.84. The van der Waals surface area contributed by atoms with Crippen LogP contribution in [0.25, 0.3) is 5.52 Å². The molecule has 0 aromatic carbocycles. The van der Waals surface area contributed by atoms with Crippen molar-refractivity contribution < 1.29 is 0 Å². The van der Waals surface area contributed by atoms with E-state index in [-0.39, 0.29) is 0 Å². The van der Waals surface area contributed by atoms with E-state index >= 15 is 0 Å². The minimum absolute atomic E-state index is 0.504. The van der Waals surface area contributed by atoms with Crippen LogP contribution < -0.4 is 4.90 Å². The summed E-state index contributed by atoms with van der Waals surface area (Å²) < 4.78 is 1.81. The number of nitrogens with zero attached hydrogens (tertiary/aromatic N) is 5. The van der Waals surface area contributed by atoms with Gasteiger partial charge in [-0.05, 0) is 12.0 Å². The molecule has 0 aliphatic heterocycles. The monoisotopic (exact) mass is 243 g/mol. The van der Waals surface area contributed by atoms with E-state index in [1.807, 2.05) is 16.8 Å². The van der Waals surface area contributed by atoms with Gasteiger partial charge in [0.2, 0.25) is 0 Å². The zero-order chi connectivity index (χ0) is 13.0. The molecule has 0 saturated carbocycles. The molecule has 2 heterocycles. The zero-order valence-corrected chi connectivity index (χ0v) is 10.7. The van der Waals surface area contributed by atoms with Crippen LogP contribution in [-0.2, 0) is 0 Å². The van der Waals surface area contributed by atoms with Gasteiger partial charge >= 0.3 is 0 Å². The molecule has 5 nitrogen and oxygen atoms in total. The Morgan fingerprint density at radius 2 is 2.28 bits per heavy atom. The fraction of sp³-hybridized carbons (Fsp3) is 0.462. The number of hydrogen-bond donors (Lipinski definition) is 0. The topological polar surface area (TPSA) is 57.2 Å². The van der Waals surface area contributed by atoms with Crippen LogP contribution in [0.3, 0.4) is 0 Å². The van der Waals surface area contributed by atoms with Gasteiger partial charge in [0.15, 0.2) is 5.82 Å². The van der Waals surface area contributed by atoms with Crippen LogP contribution in [0.5, 0.6) is 0 Å². The third kappa shape index (κ3) is 2.59. The molecule has 0 atom stereocenters. The Hall–Kier alpha value is -2.09. The van der Waals surface area contributed by atoms with E-state index < -0.39 is 0 Å². The Morgan fingerprint density at radius 1 is 1.44 bits per heavy atom. The van der Waals surface area contributed by atoms with Gasteiger partial charge in [0.05, 0.1) is 18.7 Å². The first-order valence-electron chi connectivity index (χ1n) is 6.12. The van der Waals surface area contributed by atoms with Gasteiger partial charge < -0.3 is 4.90 Å². The first kappa shape index (κ1) is 12.4. The SMILES string of the molecule is CC(C)CN(CCC#N)c1nccn2nccc12. The average Bonchev–Trinajstić information content (AvgIpc) is 2.82. The van der Waals surface area contributed by atoms with Crippen molar-refractivity contribution in [3.63, 3.8) is 0 Å². The number of hydrogen-bond acceptors (Lipinski definition) is 4. The molecular weight excluding hydrogens is 226 g/mol. The maximum Gasteiger partial charge on any atom is 0.154 e. The van der Waals surface area contributed by atoms with E-state index in [0.29, 0.717) is 18.9 Å². The highest BCUT2D eigenvalue weighted by Gasteiger charge is 2.13. The molecule has 0 radical (unpaired) electrons. The lowest BCUT2D eigenvalue weighted by molar-refractivity contribution is 0.608. The summed E-state index contributed by atoms with van der Waals surface area (Å²) in [5.74, 6) is 1.42. The summed E-state index contributed by atoms with van der Waals surface area (Å²) in [4.78, 5) is 6.60. The van der Waals surface area contributed by atoms with Crippen molar-refractivity contribution in [3.05, 3.63) is 24.7 Å². The summed E-state index contributed by atoms with van der Waals surface area (Å²) in [6, 6.07) is 4.14. The van der Waals surface area contributed by atoms with Crippen LogP contribution in [0.2, 0.25) is 0 Å². The van der Waals surface area contributed by atoms with Gasteiger partial charge in [-0.2, -0.15) is 10.4 Å². The van der Waals surface area contributed by atoms with E-state index in [2.05, 4.69) is 34.9 Å². The standard InChI is InChI=1S/C13H17N5/c1-11(2)10-17(8-3-5-14)13-12-4-6-16-18(12)9-7-15-13/h4,6-7,9,11H,3,8,10H2,1-2H3. The number of nitriles is 1. The van der Waals surface area contributed by atoms with Crippen LogP contribution in [-0.4, -0.2) is 27.7 Å². The molecule has 0 fully saturated rings. The maximum absolute atomic E-state index is 8.75. The fourth-order valence-corrected chi connectivity index (χ4v) is 2.00. The lowest BCUT2D eigenvalue weighted by Gasteiger charge is -2.25. The van der Waals surface area contributed by atoms with Crippen LogP contribution in [0.15, 0.2) is 24.7 Å². The second kappa shape index (κ2) is 5.50. The van der Waals surface area contributed by atoms with Crippen molar-refractivity contribution in [2.45, 2.75) is 20.3 Å². The molecule has 0 unspecified atom stereocenters. The smallest absolute Gasteiger partial charge is 0.154 e. The Balaban J connectivity index is 2.34. The Morgan fingerprint density at radius 3 is 3.00 bits per heavy atom. The molecule has 5 heteroatoms. The normalized spacial score (nSPS) is 10.8. The predicted molar refractivity (Wildman–Crippen MR) is 70.3 cm³/mol. The van der Waals surface area contributed by atoms with Gasteiger partial charge in [-0.25, -0.2) is 9.50 Å². The number of rotatable bonds is 5. The third-order valence-electron chi connectivity index (χ3n) is 2.68. The van der Waals surface area contributed by atoms with Gasteiger partial charge in [0, 0.05) is 25.5 Å². The van der Waals surface area contributed by atoms with Gasteiger partial charge in [0.1, 0.15) is 5.52 Å². The van der Waals surface area contributed by atoms with E-state index in [0.717, 1.165) is 17.9 Å². The molecule has 94 valence electrons. The number of anilines is 1. The van der Waals surface area contributed by atoms with Crippen LogP contribution >= 0.6 is 0 Å². The fourth-order valence-electron chi connectivity index (χ4n) is 2.00. The summed E-state index contributed by atoms with van der Waals surface area (Å²) in [7, 11) is 0. The summed E-state index contributed by atoms with van der Waals surface area (Å²) in [5.41, 5.74) is 0.982. The zero-order valence-electron chi connectivity index (χ0n) is 10.7. The largest absolute Gasteiger partial charge is 0.354 e. The summed E-state index contributed by atoms with van der Waals surface area (Å²) in [6.45, 7) is 5.91. The summed E-state index contributed by atoms with van der Waals surface area (Å²) in [5, 5.41) is 13.0. The summed E-state index contributed by atoms with van der Waals surface area (Å²) >= 11 is 0. The third-order valence-corrected chi connectivity index (χ3v) is 2.68. The van der Waals surface area contributed by atoms with Gasteiger partial charge in [-0.1, -0.05) is 13.8 Å². The molecule has 18 heavy (non-hydrogen) atoms. The predicted octanol–water partition coefficient (Wildman–Crippen LogP) is 2.11. The highest BCUT2D eigenvalue weighted by Crippen LogP contribution is 2.19. The quantitative estimate of drug-likeness (QED) is 0.807. The molecular formula is C13H17N5. The van der Waals surface area contributed by atoms with Crippen LogP contribution in [0, 0.1) is 17.2 Å². The molecule has 0 amide bonds. The van der Waals surface area contributed by atoms with Gasteiger partial charge in [-0.3, -0.25) is 0 Å². The second-order valence-electron chi connectivity index (χ2n) is 4.66. The lowest BCUT2D eigenvalue weighted by atomic mass is 10.2. The molecule has 0 aliphatic rings. The van der Waals surface area contributed by atoms with Gasteiger partial charge in [0.25, 0.3) is 0 Å². The highest BCUT2D eigenvalue weighted by atomic mass is 15.3. The first-order chi connectivity index (χ1) is 8.72. The second-order valence-corrected chi connectivity index (χ2v) is 4.66. The number of fused-ring (bicyclic) bond motifs is 1. The van der Waals surface area contributed by atoms with Crippen molar-refractivity contribution >= 4 is 11.3 Å². The van der Waals surface area contributed by atoms with E-state index in [4.69, 9.17) is 5.26 Å². The molecule has 0 bridgehead atoms. The van der Waals surface area contributed by atoms with E-state index in [9.17, 15) is 0 Å². The van der Waals surface area contributed by atoms with E-state index in [1.165, 1.54) is 0 Å². The molecule has 0 N–H and O–H groups in total. The van der Waals surface area contributed by atoms with Crippen molar-refractivity contribution in [1.82, 2.24) is 14.6 Å². The molecule has 2 rings (SSSR count). The molecule has 2 aromatic rings. The molecule has 0 saturated heterocycles. The van der Waals surface area contributed by atoms with Crippen molar-refractivity contribution in [3.8, 4) is 6.07 Å². The van der Waals surface area contributed by atoms with Crippen molar-refractivity contribution in [1.29, 1.82) is 5.26 Å². The van der Waals surface area contributed by atoms with Crippen molar-refractivity contribution in [2.24, 2.45) is 5.92 Å². The lowest BCUT2D eigenvalue weighted by Crippen LogP contribution is -2.29. The van der Waals surface area contributed by atoms with Crippen LogP contribution in [0.4, 0.5) is 5.82 Å². The number of aromatic nitrogens is 3. The van der Waals surface area contributed by atoms with Crippen molar-refractivity contribution in [2.75, 3.05) is 18.0 Å². The maximum atomic E-state index is 8.75.